The summed E-state index contributed by atoms with van der Waals surface area (Å²) >= 11 is 0. The Hall–Kier alpha value is -2.42. The first-order valence-corrected chi connectivity index (χ1v) is 6.90. The van der Waals surface area contributed by atoms with E-state index >= 15 is 0 Å². The third kappa shape index (κ3) is 5.52. The normalized spacial score (nSPS) is 11.2. The number of hydrogen-bond donors (Lipinski definition) is 0. The summed E-state index contributed by atoms with van der Waals surface area (Å²) in [5.41, 5.74) is 0.566. The van der Waals surface area contributed by atoms with Crippen molar-refractivity contribution in [1.29, 1.82) is 5.26 Å². The number of nitriles is 1. The van der Waals surface area contributed by atoms with Crippen molar-refractivity contribution in [1.82, 2.24) is 4.90 Å². The van der Waals surface area contributed by atoms with Crippen molar-refractivity contribution in [2.24, 2.45) is 0 Å². The molecule has 0 atom stereocenters. The predicted molar refractivity (Wildman–Crippen MR) is 79.2 cm³/mol. The molecule has 0 aliphatic carbocycles. The van der Waals surface area contributed by atoms with Crippen molar-refractivity contribution in [2.75, 3.05) is 13.6 Å². The number of unbranched alkanes of at least 4 members (excludes halogenated alkanes) is 1. The molecule has 118 valence electrons. The van der Waals surface area contributed by atoms with E-state index in [1.807, 2.05) is 13.0 Å². The number of benzene rings is 1. The van der Waals surface area contributed by atoms with Gasteiger partial charge in [-0.15, -0.1) is 0 Å². The second-order valence-electron chi connectivity index (χ2n) is 4.70. The number of rotatable bonds is 7. The van der Waals surface area contributed by atoms with Gasteiger partial charge in [0, 0.05) is 13.6 Å². The monoisotopic (exact) mass is 308 g/mol. The van der Waals surface area contributed by atoms with E-state index in [-0.39, 0.29) is 17.2 Å². The zero-order chi connectivity index (χ0) is 16.5. The van der Waals surface area contributed by atoms with E-state index in [2.05, 4.69) is 4.74 Å². The lowest BCUT2D eigenvalue weighted by Gasteiger charge is -2.15. The number of carbonyl (C=O) groups is 1. The van der Waals surface area contributed by atoms with Crippen LogP contribution in [-0.2, 0) is 4.79 Å². The van der Waals surface area contributed by atoms with E-state index in [1.54, 1.807) is 7.05 Å². The molecule has 1 amide bonds. The lowest BCUT2D eigenvalue weighted by molar-refractivity contribution is -0.125. The summed E-state index contributed by atoms with van der Waals surface area (Å²) in [4.78, 5) is 13.6. The van der Waals surface area contributed by atoms with Gasteiger partial charge in [-0.25, -0.2) is 0 Å². The van der Waals surface area contributed by atoms with Gasteiger partial charge in [-0.05, 0) is 30.2 Å². The van der Waals surface area contributed by atoms with E-state index < -0.39 is 6.61 Å². The Balaban J connectivity index is 2.83. The number of halogens is 2. The molecular weight excluding hydrogens is 290 g/mol. The first kappa shape index (κ1) is 17.6. The lowest BCUT2D eigenvalue weighted by atomic mass is 10.1. The first-order valence-electron chi connectivity index (χ1n) is 6.90. The molecule has 0 bridgehead atoms. The molecule has 1 aromatic carbocycles. The molecule has 0 saturated heterocycles. The highest BCUT2D eigenvalue weighted by Crippen LogP contribution is 2.17. The van der Waals surface area contributed by atoms with Gasteiger partial charge in [0.2, 0.25) is 0 Å². The van der Waals surface area contributed by atoms with Crippen LogP contribution in [-0.4, -0.2) is 31.0 Å². The van der Waals surface area contributed by atoms with Crippen molar-refractivity contribution in [3.05, 3.63) is 35.4 Å². The summed E-state index contributed by atoms with van der Waals surface area (Å²) in [6, 6.07) is 7.61. The predicted octanol–water partition coefficient (Wildman–Crippen LogP) is 3.45. The molecule has 0 aromatic heterocycles. The summed E-state index contributed by atoms with van der Waals surface area (Å²) in [5.74, 6) is -0.332. The molecular formula is C16H18F2N2O2. The lowest BCUT2D eigenvalue weighted by Crippen LogP contribution is -2.28. The third-order valence-electron chi connectivity index (χ3n) is 2.96. The summed E-state index contributed by atoms with van der Waals surface area (Å²) in [6.07, 6.45) is 3.24. The van der Waals surface area contributed by atoms with E-state index in [4.69, 9.17) is 5.26 Å². The molecule has 0 aliphatic heterocycles. The third-order valence-corrected chi connectivity index (χ3v) is 2.96. The minimum Gasteiger partial charge on any atom is -0.435 e. The van der Waals surface area contributed by atoms with Crippen LogP contribution in [0.3, 0.4) is 0 Å². The maximum atomic E-state index is 12.1. The van der Waals surface area contributed by atoms with Crippen LogP contribution in [0.2, 0.25) is 0 Å². The Kier molecular flexibility index (Phi) is 7.03. The molecule has 1 aromatic rings. The largest absolute Gasteiger partial charge is 0.435 e. The van der Waals surface area contributed by atoms with E-state index in [1.165, 1.54) is 35.2 Å². The summed E-state index contributed by atoms with van der Waals surface area (Å²) in [5, 5.41) is 9.12. The summed E-state index contributed by atoms with van der Waals surface area (Å²) in [6.45, 7) is -0.289. The van der Waals surface area contributed by atoms with Crippen LogP contribution in [0, 0.1) is 11.3 Å². The minimum absolute atomic E-state index is 0.00105. The fourth-order valence-electron chi connectivity index (χ4n) is 1.76. The van der Waals surface area contributed by atoms with Crippen molar-refractivity contribution < 1.29 is 18.3 Å². The zero-order valence-corrected chi connectivity index (χ0v) is 12.6. The van der Waals surface area contributed by atoms with Crippen LogP contribution >= 0.6 is 0 Å². The fraction of sp³-hybridized carbons (Fsp3) is 0.375. The van der Waals surface area contributed by atoms with E-state index in [0.717, 1.165) is 12.8 Å². The molecule has 0 saturated carbocycles. The highest BCUT2D eigenvalue weighted by molar-refractivity contribution is 6.01. The average molecular weight is 308 g/mol. The highest BCUT2D eigenvalue weighted by atomic mass is 19.3. The van der Waals surface area contributed by atoms with Crippen LogP contribution in [0.5, 0.6) is 5.75 Å². The maximum Gasteiger partial charge on any atom is 0.387 e. The standard InChI is InChI=1S/C16H18F2N2O2/c1-3-4-9-20(2)15(21)13(11-19)10-12-5-7-14(8-6-12)22-16(17)18/h5-8,10,16H,3-4,9H2,1-2H3/b13-10-. The SMILES string of the molecule is CCCCN(C)C(=O)/C(C#N)=C\c1ccc(OC(F)F)cc1. The summed E-state index contributed by atoms with van der Waals surface area (Å²) < 4.78 is 28.3. The first-order chi connectivity index (χ1) is 10.5. The van der Waals surface area contributed by atoms with Gasteiger partial charge in [-0.2, -0.15) is 14.0 Å². The Morgan fingerprint density at radius 1 is 1.41 bits per heavy atom. The number of amides is 1. The molecule has 0 radical (unpaired) electrons. The highest BCUT2D eigenvalue weighted by Gasteiger charge is 2.14. The number of nitrogens with zero attached hydrogens (tertiary/aromatic N) is 2. The van der Waals surface area contributed by atoms with Gasteiger partial charge in [0.25, 0.3) is 5.91 Å². The molecule has 0 heterocycles. The second kappa shape index (κ2) is 8.78. The molecule has 1 rings (SSSR count). The Labute approximate surface area is 128 Å². The molecule has 0 N–H and O–H groups in total. The van der Waals surface area contributed by atoms with Crippen LogP contribution < -0.4 is 4.74 Å². The Bertz CT molecular complexity index is 563. The number of ether oxygens (including phenoxy) is 1. The zero-order valence-electron chi connectivity index (χ0n) is 12.6. The van der Waals surface area contributed by atoms with Crippen LogP contribution in [0.25, 0.3) is 6.08 Å². The van der Waals surface area contributed by atoms with Crippen molar-refractivity contribution >= 4 is 12.0 Å². The van der Waals surface area contributed by atoms with Gasteiger partial charge < -0.3 is 9.64 Å². The smallest absolute Gasteiger partial charge is 0.387 e. The maximum absolute atomic E-state index is 12.1. The van der Waals surface area contributed by atoms with Crippen molar-refractivity contribution in [3.8, 4) is 11.8 Å². The molecule has 4 nitrogen and oxygen atoms in total. The van der Waals surface area contributed by atoms with Gasteiger partial charge in [-0.3, -0.25) is 4.79 Å². The molecule has 6 heteroatoms. The van der Waals surface area contributed by atoms with Gasteiger partial charge in [0.05, 0.1) is 0 Å². The summed E-state index contributed by atoms with van der Waals surface area (Å²) in [7, 11) is 1.64. The van der Waals surface area contributed by atoms with Crippen LogP contribution in [0.4, 0.5) is 8.78 Å². The topological polar surface area (TPSA) is 53.3 Å². The second-order valence-corrected chi connectivity index (χ2v) is 4.70. The van der Waals surface area contributed by atoms with E-state index in [0.29, 0.717) is 12.1 Å². The Morgan fingerprint density at radius 3 is 2.55 bits per heavy atom. The Morgan fingerprint density at radius 2 is 2.05 bits per heavy atom. The minimum atomic E-state index is -2.88. The van der Waals surface area contributed by atoms with Crippen molar-refractivity contribution in [3.63, 3.8) is 0 Å². The van der Waals surface area contributed by atoms with Crippen LogP contribution in [0.1, 0.15) is 25.3 Å². The van der Waals surface area contributed by atoms with Crippen LogP contribution in [0.15, 0.2) is 29.8 Å². The molecule has 22 heavy (non-hydrogen) atoms. The number of carbonyl (C=O) groups excluding carboxylic acids is 1. The number of alkyl halides is 2. The van der Waals surface area contributed by atoms with Crippen molar-refractivity contribution in [2.45, 2.75) is 26.4 Å². The van der Waals surface area contributed by atoms with Gasteiger partial charge in [0.15, 0.2) is 0 Å². The molecule has 0 spiro atoms. The molecule has 0 unspecified atom stereocenters. The molecule has 0 aliphatic rings. The van der Waals surface area contributed by atoms with E-state index in [9.17, 15) is 13.6 Å². The quantitative estimate of drug-likeness (QED) is 0.572. The fourth-order valence-corrected chi connectivity index (χ4v) is 1.76. The van der Waals surface area contributed by atoms with Gasteiger partial charge in [-0.1, -0.05) is 25.5 Å². The number of likely N-dealkylation sites (N-methyl/N-ethyl adjacent to an activating group) is 1. The molecule has 0 fully saturated rings. The van der Waals surface area contributed by atoms with Gasteiger partial charge >= 0.3 is 6.61 Å². The number of hydrogen-bond acceptors (Lipinski definition) is 3. The average Bonchev–Trinajstić information content (AvgIpc) is 2.50. The van der Waals surface area contributed by atoms with Gasteiger partial charge in [0.1, 0.15) is 17.4 Å².